The van der Waals surface area contributed by atoms with E-state index in [-0.39, 0.29) is 5.97 Å². The van der Waals surface area contributed by atoms with Crippen molar-refractivity contribution in [3.63, 3.8) is 0 Å². The van der Waals surface area contributed by atoms with E-state index in [9.17, 15) is 4.79 Å². The lowest BCUT2D eigenvalue weighted by Gasteiger charge is -2.36. The molecule has 2 fully saturated rings. The highest BCUT2D eigenvalue weighted by molar-refractivity contribution is 5.82. The minimum Gasteiger partial charge on any atom is -0.468 e. The summed E-state index contributed by atoms with van der Waals surface area (Å²) in [7, 11) is 1.52. The van der Waals surface area contributed by atoms with Crippen molar-refractivity contribution in [1.82, 2.24) is 10.2 Å². The molecule has 20 heavy (non-hydrogen) atoms. The minimum atomic E-state index is -0.478. The molecule has 0 aromatic heterocycles. The highest BCUT2D eigenvalue weighted by Crippen LogP contribution is 2.41. The van der Waals surface area contributed by atoms with Crippen LogP contribution in [0.25, 0.3) is 0 Å². The number of carbonyl (C=O) groups excluding carboxylic acids is 1. The van der Waals surface area contributed by atoms with E-state index in [0.29, 0.717) is 5.92 Å². The molecule has 1 saturated heterocycles. The number of likely N-dealkylation sites (tertiary alicyclic amines) is 1. The summed E-state index contributed by atoms with van der Waals surface area (Å²) in [6.45, 7) is 10.6. The molecule has 116 valence electrons. The summed E-state index contributed by atoms with van der Waals surface area (Å²) in [5, 5.41) is 3.54. The van der Waals surface area contributed by atoms with Crippen molar-refractivity contribution >= 4 is 5.97 Å². The summed E-state index contributed by atoms with van der Waals surface area (Å²) < 4.78 is 5.15. The van der Waals surface area contributed by atoms with Gasteiger partial charge in [-0.15, -0.1) is 0 Å². The van der Waals surface area contributed by atoms with Crippen LogP contribution in [-0.2, 0) is 9.53 Å². The molecule has 0 bridgehead atoms. The Morgan fingerprint density at radius 2 is 1.90 bits per heavy atom. The molecule has 0 radical (unpaired) electrons. The Morgan fingerprint density at radius 3 is 2.35 bits per heavy atom. The average Bonchev–Trinajstić information content (AvgIpc) is 3.22. The Kier molecular flexibility index (Phi) is 5.08. The van der Waals surface area contributed by atoms with Crippen molar-refractivity contribution in [1.29, 1.82) is 0 Å². The third kappa shape index (κ3) is 3.17. The van der Waals surface area contributed by atoms with Gasteiger partial charge < -0.3 is 15.0 Å². The molecule has 0 aromatic rings. The van der Waals surface area contributed by atoms with Gasteiger partial charge >= 0.3 is 5.97 Å². The van der Waals surface area contributed by atoms with Crippen LogP contribution in [0.1, 0.15) is 40.0 Å². The van der Waals surface area contributed by atoms with Crippen LogP contribution in [0.4, 0.5) is 0 Å². The summed E-state index contributed by atoms with van der Waals surface area (Å²) in [6.07, 6.45) is 3.33. The lowest BCUT2D eigenvalue weighted by molar-refractivity contribution is -0.150. The highest BCUT2D eigenvalue weighted by atomic mass is 16.5. The van der Waals surface area contributed by atoms with Crippen molar-refractivity contribution in [2.45, 2.75) is 45.6 Å². The lowest BCUT2D eigenvalue weighted by Crippen LogP contribution is -2.61. The highest BCUT2D eigenvalue weighted by Gasteiger charge is 2.53. The van der Waals surface area contributed by atoms with Crippen LogP contribution in [0.3, 0.4) is 0 Å². The van der Waals surface area contributed by atoms with E-state index in [0.717, 1.165) is 57.3 Å². The van der Waals surface area contributed by atoms with Crippen LogP contribution >= 0.6 is 0 Å². The van der Waals surface area contributed by atoms with Crippen molar-refractivity contribution < 1.29 is 9.53 Å². The van der Waals surface area contributed by atoms with Crippen LogP contribution in [0.15, 0.2) is 0 Å². The fourth-order valence-electron chi connectivity index (χ4n) is 3.47. The lowest BCUT2D eigenvalue weighted by atomic mass is 9.92. The van der Waals surface area contributed by atoms with Gasteiger partial charge in [-0.25, -0.2) is 4.79 Å². The summed E-state index contributed by atoms with van der Waals surface area (Å²) >= 11 is 0. The molecule has 4 nitrogen and oxygen atoms in total. The summed E-state index contributed by atoms with van der Waals surface area (Å²) in [4.78, 5) is 14.9. The van der Waals surface area contributed by atoms with Crippen LogP contribution in [0.5, 0.6) is 0 Å². The molecule has 3 atom stereocenters. The maximum atomic E-state index is 12.5. The second kappa shape index (κ2) is 6.44. The van der Waals surface area contributed by atoms with E-state index in [1.807, 2.05) is 0 Å². The number of carbonyl (C=O) groups is 1. The van der Waals surface area contributed by atoms with Crippen LogP contribution < -0.4 is 5.32 Å². The van der Waals surface area contributed by atoms with E-state index in [1.165, 1.54) is 7.11 Å². The minimum absolute atomic E-state index is 0.0688. The zero-order chi connectivity index (χ0) is 14.8. The zero-order valence-electron chi connectivity index (χ0n) is 13.4. The molecule has 1 aliphatic heterocycles. The van der Waals surface area contributed by atoms with Gasteiger partial charge in [0.05, 0.1) is 7.11 Å². The van der Waals surface area contributed by atoms with E-state index >= 15 is 0 Å². The number of nitrogens with zero attached hydrogens (tertiary/aromatic N) is 1. The topological polar surface area (TPSA) is 41.6 Å². The first-order chi connectivity index (χ1) is 9.53. The van der Waals surface area contributed by atoms with Gasteiger partial charge in [0.2, 0.25) is 0 Å². The van der Waals surface area contributed by atoms with E-state index < -0.39 is 5.54 Å². The maximum Gasteiger partial charge on any atom is 0.327 e. The van der Waals surface area contributed by atoms with E-state index in [2.05, 4.69) is 31.0 Å². The van der Waals surface area contributed by atoms with E-state index in [4.69, 9.17) is 4.74 Å². The van der Waals surface area contributed by atoms with Gasteiger partial charge in [0.1, 0.15) is 5.54 Å². The normalized spacial score (nSPS) is 30.2. The number of rotatable bonds is 7. The summed E-state index contributed by atoms with van der Waals surface area (Å²) in [6, 6.07) is 0. The van der Waals surface area contributed by atoms with Crippen LogP contribution in [-0.4, -0.2) is 49.7 Å². The maximum absolute atomic E-state index is 12.5. The number of esters is 1. The number of hydrogen-bond acceptors (Lipinski definition) is 4. The molecule has 3 unspecified atom stereocenters. The number of hydrogen-bond donors (Lipinski definition) is 1. The van der Waals surface area contributed by atoms with Crippen LogP contribution in [0.2, 0.25) is 0 Å². The smallest absolute Gasteiger partial charge is 0.327 e. The first-order valence-corrected chi connectivity index (χ1v) is 8.09. The molecule has 4 heteroatoms. The number of methoxy groups -OCH3 is 1. The van der Waals surface area contributed by atoms with Crippen LogP contribution in [0, 0.1) is 17.8 Å². The van der Waals surface area contributed by atoms with Gasteiger partial charge in [-0.2, -0.15) is 0 Å². The molecule has 1 heterocycles. The first kappa shape index (κ1) is 15.8. The second-order valence-electron chi connectivity index (χ2n) is 6.81. The SMILES string of the molecule is CCCNC(CN1CC(C)C(C)C1)(C(=O)OC)C1CC1. The second-order valence-corrected chi connectivity index (χ2v) is 6.81. The third-order valence-corrected chi connectivity index (χ3v) is 5.05. The first-order valence-electron chi connectivity index (χ1n) is 8.09. The fourth-order valence-corrected chi connectivity index (χ4v) is 3.47. The van der Waals surface area contributed by atoms with Gasteiger partial charge in [0.15, 0.2) is 0 Å². The Bertz CT molecular complexity index is 333. The molecule has 0 spiro atoms. The molecule has 2 aliphatic rings. The molecule has 1 saturated carbocycles. The fraction of sp³-hybridized carbons (Fsp3) is 0.938. The van der Waals surface area contributed by atoms with Crippen molar-refractivity contribution in [2.75, 3.05) is 33.3 Å². The van der Waals surface area contributed by atoms with Crippen molar-refractivity contribution in [3.8, 4) is 0 Å². The Labute approximate surface area is 123 Å². The third-order valence-electron chi connectivity index (χ3n) is 5.05. The quantitative estimate of drug-likeness (QED) is 0.724. The summed E-state index contributed by atoms with van der Waals surface area (Å²) in [5.41, 5.74) is -0.478. The average molecular weight is 282 g/mol. The van der Waals surface area contributed by atoms with Gasteiger partial charge in [0, 0.05) is 19.6 Å². The molecular formula is C16H30N2O2. The Morgan fingerprint density at radius 1 is 1.30 bits per heavy atom. The van der Waals surface area contributed by atoms with E-state index in [1.54, 1.807) is 0 Å². The van der Waals surface area contributed by atoms with Gasteiger partial charge in [-0.05, 0) is 43.6 Å². The zero-order valence-corrected chi connectivity index (χ0v) is 13.4. The largest absolute Gasteiger partial charge is 0.468 e. The van der Waals surface area contributed by atoms with Crippen molar-refractivity contribution in [3.05, 3.63) is 0 Å². The number of nitrogens with one attached hydrogen (secondary N) is 1. The Balaban J connectivity index is 2.10. The Hall–Kier alpha value is -0.610. The molecule has 1 N–H and O–H groups in total. The standard InChI is InChI=1S/C16H30N2O2/c1-5-8-17-16(14-6-7-14,15(19)20-4)11-18-9-12(2)13(3)10-18/h12-14,17H,5-11H2,1-4H3. The molecular weight excluding hydrogens is 252 g/mol. The predicted octanol–water partition coefficient (Wildman–Crippen LogP) is 1.90. The molecule has 0 amide bonds. The molecule has 2 rings (SSSR count). The van der Waals surface area contributed by atoms with Gasteiger partial charge in [-0.1, -0.05) is 20.8 Å². The van der Waals surface area contributed by atoms with Crippen molar-refractivity contribution in [2.24, 2.45) is 17.8 Å². The molecule has 1 aliphatic carbocycles. The van der Waals surface area contributed by atoms with Gasteiger partial charge in [0.25, 0.3) is 0 Å². The summed E-state index contributed by atoms with van der Waals surface area (Å²) in [5.74, 6) is 1.82. The predicted molar refractivity (Wildman–Crippen MR) is 80.5 cm³/mol. The molecule has 0 aromatic carbocycles. The monoisotopic (exact) mass is 282 g/mol. The number of ether oxygens (including phenoxy) is 1. The van der Waals surface area contributed by atoms with Gasteiger partial charge in [-0.3, -0.25) is 0 Å².